The molecule has 1 fully saturated rings. The Balaban J connectivity index is 2.17. The molecule has 0 radical (unpaired) electrons. The summed E-state index contributed by atoms with van der Waals surface area (Å²) in [5, 5.41) is 0. The van der Waals surface area contributed by atoms with Gasteiger partial charge in [0.1, 0.15) is 0 Å². The Labute approximate surface area is 98.5 Å². The third-order valence-corrected chi connectivity index (χ3v) is 2.97. The standard InChI is InChI=1S/C13H23NO2/c1-3-6-12-8-10-14(11-12)9-5-7-13(15)16-4-2/h5,7,12H,3-4,6,8-11H2,1-2H3/b7-5+. The van der Waals surface area contributed by atoms with Gasteiger partial charge in [0, 0.05) is 19.2 Å². The first-order valence-corrected chi connectivity index (χ1v) is 6.31. The second kappa shape index (κ2) is 7.44. The van der Waals surface area contributed by atoms with Crippen LogP contribution in [0.5, 0.6) is 0 Å². The zero-order chi connectivity index (χ0) is 11.8. The van der Waals surface area contributed by atoms with Crippen LogP contribution in [-0.2, 0) is 9.53 Å². The predicted molar refractivity (Wildman–Crippen MR) is 65.2 cm³/mol. The fourth-order valence-electron chi connectivity index (χ4n) is 2.21. The van der Waals surface area contributed by atoms with Crippen LogP contribution < -0.4 is 0 Å². The highest BCUT2D eigenvalue weighted by Gasteiger charge is 2.20. The van der Waals surface area contributed by atoms with Gasteiger partial charge in [0.2, 0.25) is 0 Å². The second-order valence-corrected chi connectivity index (χ2v) is 4.36. The molecule has 0 bridgehead atoms. The van der Waals surface area contributed by atoms with Gasteiger partial charge < -0.3 is 4.74 Å². The molecule has 0 spiro atoms. The molecule has 1 aliphatic rings. The summed E-state index contributed by atoms with van der Waals surface area (Å²) in [4.78, 5) is 13.5. The van der Waals surface area contributed by atoms with E-state index in [-0.39, 0.29) is 5.97 Å². The lowest BCUT2D eigenvalue weighted by molar-refractivity contribution is -0.137. The van der Waals surface area contributed by atoms with E-state index in [1.807, 2.05) is 13.0 Å². The molecule has 0 aromatic carbocycles. The molecule has 1 saturated heterocycles. The van der Waals surface area contributed by atoms with Gasteiger partial charge >= 0.3 is 5.97 Å². The quantitative estimate of drug-likeness (QED) is 0.513. The minimum Gasteiger partial charge on any atom is -0.463 e. The van der Waals surface area contributed by atoms with Crippen molar-refractivity contribution in [3.63, 3.8) is 0 Å². The lowest BCUT2D eigenvalue weighted by atomic mass is 10.0. The first kappa shape index (κ1) is 13.2. The molecule has 1 unspecified atom stereocenters. The maximum absolute atomic E-state index is 11.1. The van der Waals surface area contributed by atoms with E-state index >= 15 is 0 Å². The normalized spacial score (nSPS) is 21.8. The van der Waals surface area contributed by atoms with Crippen LogP contribution in [0.1, 0.15) is 33.1 Å². The molecule has 3 heteroatoms. The van der Waals surface area contributed by atoms with Crippen LogP contribution in [-0.4, -0.2) is 37.1 Å². The molecule has 3 nitrogen and oxygen atoms in total. The van der Waals surface area contributed by atoms with Crippen molar-refractivity contribution in [2.24, 2.45) is 5.92 Å². The van der Waals surface area contributed by atoms with Crippen LogP contribution in [0.4, 0.5) is 0 Å². The largest absolute Gasteiger partial charge is 0.463 e. The summed E-state index contributed by atoms with van der Waals surface area (Å²) in [6.45, 7) is 7.73. The van der Waals surface area contributed by atoms with E-state index in [4.69, 9.17) is 4.74 Å². The van der Waals surface area contributed by atoms with Crippen LogP contribution >= 0.6 is 0 Å². The van der Waals surface area contributed by atoms with E-state index in [2.05, 4.69) is 11.8 Å². The zero-order valence-electron chi connectivity index (χ0n) is 10.4. The highest BCUT2D eigenvalue weighted by molar-refractivity contribution is 5.81. The molecule has 0 aromatic rings. The molecular weight excluding hydrogens is 202 g/mol. The van der Waals surface area contributed by atoms with Gasteiger partial charge in [0.15, 0.2) is 0 Å². The Morgan fingerprint density at radius 3 is 3.00 bits per heavy atom. The van der Waals surface area contributed by atoms with Gasteiger partial charge in [-0.25, -0.2) is 4.79 Å². The molecule has 16 heavy (non-hydrogen) atoms. The van der Waals surface area contributed by atoms with E-state index in [0.717, 1.165) is 19.0 Å². The molecular formula is C13H23NO2. The Hall–Kier alpha value is -0.830. The number of likely N-dealkylation sites (tertiary alicyclic amines) is 1. The number of carbonyl (C=O) groups is 1. The Morgan fingerprint density at radius 2 is 2.31 bits per heavy atom. The zero-order valence-corrected chi connectivity index (χ0v) is 10.4. The second-order valence-electron chi connectivity index (χ2n) is 4.36. The van der Waals surface area contributed by atoms with E-state index in [9.17, 15) is 4.79 Å². The number of carbonyl (C=O) groups excluding carboxylic acids is 1. The van der Waals surface area contributed by atoms with Gasteiger partial charge in [-0.2, -0.15) is 0 Å². The number of esters is 1. The summed E-state index contributed by atoms with van der Waals surface area (Å²) < 4.78 is 4.82. The highest BCUT2D eigenvalue weighted by atomic mass is 16.5. The van der Waals surface area contributed by atoms with Crippen LogP contribution in [0, 0.1) is 5.92 Å². The maximum Gasteiger partial charge on any atom is 0.330 e. The van der Waals surface area contributed by atoms with Gasteiger partial charge in [-0.3, -0.25) is 4.90 Å². The van der Waals surface area contributed by atoms with Gasteiger partial charge in [-0.05, 0) is 32.2 Å². The van der Waals surface area contributed by atoms with Gasteiger partial charge in [-0.15, -0.1) is 0 Å². The summed E-state index contributed by atoms with van der Waals surface area (Å²) in [6, 6.07) is 0. The van der Waals surface area contributed by atoms with Crippen molar-refractivity contribution in [1.29, 1.82) is 0 Å². The van der Waals surface area contributed by atoms with Crippen LogP contribution in [0.15, 0.2) is 12.2 Å². The Kier molecular flexibility index (Phi) is 6.16. The number of hydrogen-bond donors (Lipinski definition) is 0. The Morgan fingerprint density at radius 1 is 1.50 bits per heavy atom. The third kappa shape index (κ3) is 4.79. The van der Waals surface area contributed by atoms with Crippen LogP contribution in [0.25, 0.3) is 0 Å². The smallest absolute Gasteiger partial charge is 0.330 e. The van der Waals surface area contributed by atoms with E-state index < -0.39 is 0 Å². The van der Waals surface area contributed by atoms with Crippen molar-refractivity contribution in [2.75, 3.05) is 26.2 Å². The molecule has 92 valence electrons. The summed E-state index contributed by atoms with van der Waals surface area (Å²) in [5.41, 5.74) is 0. The van der Waals surface area contributed by atoms with Crippen LogP contribution in [0.2, 0.25) is 0 Å². The van der Waals surface area contributed by atoms with Crippen molar-refractivity contribution in [3.8, 4) is 0 Å². The summed E-state index contributed by atoms with van der Waals surface area (Å²) in [5.74, 6) is 0.632. The minimum absolute atomic E-state index is 0.230. The summed E-state index contributed by atoms with van der Waals surface area (Å²) in [7, 11) is 0. The maximum atomic E-state index is 11.1. The van der Waals surface area contributed by atoms with Crippen molar-refractivity contribution in [1.82, 2.24) is 4.90 Å². The number of hydrogen-bond acceptors (Lipinski definition) is 3. The number of ether oxygens (including phenoxy) is 1. The molecule has 0 N–H and O–H groups in total. The highest BCUT2D eigenvalue weighted by Crippen LogP contribution is 2.20. The first-order chi connectivity index (χ1) is 7.76. The SMILES string of the molecule is CCCC1CCN(C/C=C/C(=O)OCC)C1. The topological polar surface area (TPSA) is 29.5 Å². The summed E-state index contributed by atoms with van der Waals surface area (Å²) in [6.07, 6.45) is 7.36. The van der Waals surface area contributed by atoms with Crippen molar-refractivity contribution in [2.45, 2.75) is 33.1 Å². The fourth-order valence-corrected chi connectivity index (χ4v) is 2.21. The average Bonchev–Trinajstić information content (AvgIpc) is 2.67. The monoisotopic (exact) mass is 225 g/mol. The van der Waals surface area contributed by atoms with Crippen molar-refractivity contribution in [3.05, 3.63) is 12.2 Å². The molecule has 1 heterocycles. The average molecular weight is 225 g/mol. The van der Waals surface area contributed by atoms with Crippen molar-refractivity contribution >= 4 is 5.97 Å². The van der Waals surface area contributed by atoms with Crippen molar-refractivity contribution < 1.29 is 9.53 Å². The fraction of sp³-hybridized carbons (Fsp3) is 0.769. The number of rotatable bonds is 6. The van der Waals surface area contributed by atoms with Gasteiger partial charge in [-0.1, -0.05) is 19.4 Å². The summed E-state index contributed by atoms with van der Waals surface area (Å²) >= 11 is 0. The van der Waals surface area contributed by atoms with Crippen LogP contribution in [0.3, 0.4) is 0 Å². The molecule has 0 saturated carbocycles. The molecule has 1 atom stereocenters. The molecule has 0 amide bonds. The van der Waals surface area contributed by atoms with Gasteiger partial charge in [0.05, 0.1) is 6.61 Å². The number of nitrogens with zero attached hydrogens (tertiary/aromatic N) is 1. The van der Waals surface area contributed by atoms with E-state index in [0.29, 0.717) is 6.61 Å². The lowest BCUT2D eigenvalue weighted by Crippen LogP contribution is -2.20. The minimum atomic E-state index is -0.230. The lowest BCUT2D eigenvalue weighted by Gasteiger charge is -2.12. The molecule has 1 aliphatic heterocycles. The van der Waals surface area contributed by atoms with Gasteiger partial charge in [0.25, 0.3) is 0 Å². The third-order valence-electron chi connectivity index (χ3n) is 2.97. The molecule has 0 aliphatic carbocycles. The molecule has 1 rings (SSSR count). The molecule has 0 aromatic heterocycles. The van der Waals surface area contributed by atoms with E-state index in [1.165, 1.54) is 31.9 Å². The van der Waals surface area contributed by atoms with E-state index in [1.54, 1.807) is 0 Å². The predicted octanol–water partition coefficient (Wildman–Crippen LogP) is 2.23. The first-order valence-electron chi connectivity index (χ1n) is 6.31. The Bertz CT molecular complexity index is 238.